The van der Waals surface area contributed by atoms with Gasteiger partial charge < -0.3 is 9.42 Å². The van der Waals surface area contributed by atoms with E-state index in [1.807, 2.05) is 6.92 Å². The van der Waals surface area contributed by atoms with Crippen molar-refractivity contribution in [2.24, 2.45) is 0 Å². The molecule has 1 N–H and O–H groups in total. The number of hydrogen-bond donors (Lipinski definition) is 1. The Labute approximate surface area is 114 Å². The zero-order chi connectivity index (χ0) is 9.40. The van der Waals surface area contributed by atoms with Crippen molar-refractivity contribution >= 4 is 8.25 Å². The first-order valence-electron chi connectivity index (χ1n) is 4.56. The van der Waals surface area contributed by atoms with E-state index >= 15 is 0 Å². The molecule has 2 atom stereocenters. The van der Waals surface area contributed by atoms with Crippen molar-refractivity contribution in [1.29, 1.82) is 0 Å². The first-order chi connectivity index (χ1) is 5.66. The van der Waals surface area contributed by atoms with Gasteiger partial charge in [0.1, 0.15) is 0 Å². The Bertz CT molecular complexity index is 133. The number of hydrogen-bond acceptors (Lipinski definition) is 2. The summed E-state index contributed by atoms with van der Waals surface area (Å²) in [6, 6.07) is 0. The maximum absolute atomic E-state index is 10.3. The average Bonchev–Trinajstić information content (AvgIpc) is 1.97. The van der Waals surface area contributed by atoms with Gasteiger partial charge in [-0.05, 0) is 13.3 Å². The summed E-state index contributed by atoms with van der Waals surface area (Å²) in [4.78, 5) is 8.45. The van der Waals surface area contributed by atoms with Crippen molar-refractivity contribution in [3.63, 3.8) is 0 Å². The Morgan fingerprint density at radius 3 is 2.46 bits per heavy atom. The van der Waals surface area contributed by atoms with E-state index < -0.39 is 8.25 Å². The molecule has 78 valence electrons. The third kappa shape index (κ3) is 13.5. The van der Waals surface area contributed by atoms with Gasteiger partial charge in [-0.3, -0.25) is 4.57 Å². The van der Waals surface area contributed by atoms with Crippen LogP contribution in [0.2, 0.25) is 0 Å². The molecule has 0 rings (SSSR count). The average molecular weight is 338 g/mol. The number of unbranched alkanes of at least 4 members (excludes halogenated alkanes) is 3. The first kappa shape index (κ1) is 16.9. The molecule has 13 heavy (non-hydrogen) atoms. The monoisotopic (exact) mass is 336 g/mol. The summed E-state index contributed by atoms with van der Waals surface area (Å²) in [5, 5.41) is 0. The zero-order valence-corrected chi connectivity index (χ0v) is 12.6. The summed E-state index contributed by atoms with van der Waals surface area (Å²) in [7, 11) is -2.73. The Kier molecular flexibility index (Phi) is 15.1. The Morgan fingerprint density at radius 1 is 1.38 bits per heavy atom. The van der Waals surface area contributed by atoms with Gasteiger partial charge in [-0.2, -0.15) is 0 Å². The molecular formula is C8H19NdO3P. The molecule has 2 unspecified atom stereocenters. The third-order valence-electron chi connectivity index (χ3n) is 1.77. The molecule has 0 fully saturated rings. The van der Waals surface area contributed by atoms with Crippen LogP contribution in [0.15, 0.2) is 0 Å². The van der Waals surface area contributed by atoms with E-state index in [1.165, 1.54) is 19.3 Å². The maximum Gasteiger partial charge on any atom is 0.316 e. The van der Waals surface area contributed by atoms with Crippen LogP contribution in [0.3, 0.4) is 0 Å². The van der Waals surface area contributed by atoms with Gasteiger partial charge in [-0.25, -0.2) is 0 Å². The fourth-order valence-electron chi connectivity index (χ4n) is 1.09. The van der Waals surface area contributed by atoms with Gasteiger partial charge in [-0.1, -0.05) is 32.6 Å². The fourth-order valence-corrected chi connectivity index (χ4v) is 1.55. The van der Waals surface area contributed by atoms with Crippen molar-refractivity contribution in [2.75, 3.05) is 0 Å². The standard InChI is InChI=1S/C8H19O3P.Nd/c1-3-4-5-6-7-8(2)11-12(9)10;/h8,12H,3-7H2,1-2H3,(H,9,10);. The smallest absolute Gasteiger partial charge is 0.316 e. The molecule has 0 saturated heterocycles. The molecule has 0 bridgehead atoms. The first-order valence-corrected chi connectivity index (χ1v) is 5.82. The van der Waals surface area contributed by atoms with Crippen LogP contribution in [0.25, 0.3) is 0 Å². The minimum Gasteiger partial charge on any atom is -0.326 e. The SMILES string of the molecule is CCCCCCC(C)O[PH](=O)O.[Nd]. The van der Waals surface area contributed by atoms with Gasteiger partial charge in [0.25, 0.3) is 0 Å². The largest absolute Gasteiger partial charge is 0.326 e. The predicted octanol–water partition coefficient (Wildman–Crippen LogP) is 2.74. The van der Waals surface area contributed by atoms with E-state index in [0.29, 0.717) is 0 Å². The topological polar surface area (TPSA) is 46.5 Å². The van der Waals surface area contributed by atoms with Crippen LogP contribution in [-0.4, -0.2) is 11.0 Å². The molecule has 0 aromatic carbocycles. The Hall–Kier alpha value is 1.50. The number of rotatable bonds is 7. The van der Waals surface area contributed by atoms with E-state index in [1.54, 1.807) is 0 Å². The van der Waals surface area contributed by atoms with E-state index in [4.69, 9.17) is 9.42 Å². The molecule has 0 aromatic heterocycles. The van der Waals surface area contributed by atoms with E-state index in [0.717, 1.165) is 12.8 Å². The van der Waals surface area contributed by atoms with E-state index in [2.05, 4.69) is 6.92 Å². The molecule has 0 amide bonds. The zero-order valence-electron chi connectivity index (χ0n) is 8.38. The quantitative estimate of drug-likeness (QED) is 0.573. The minimum atomic E-state index is -2.73. The fraction of sp³-hybridized carbons (Fsp3) is 1.00. The van der Waals surface area contributed by atoms with Crippen molar-refractivity contribution in [3.8, 4) is 0 Å². The summed E-state index contributed by atoms with van der Waals surface area (Å²) in [6.45, 7) is 4.00. The second kappa shape index (κ2) is 11.6. The summed E-state index contributed by atoms with van der Waals surface area (Å²) >= 11 is 0. The summed E-state index contributed by atoms with van der Waals surface area (Å²) in [5.41, 5.74) is 0. The van der Waals surface area contributed by atoms with Crippen LogP contribution in [0.5, 0.6) is 0 Å². The molecule has 0 aliphatic heterocycles. The molecule has 3 nitrogen and oxygen atoms in total. The predicted molar refractivity (Wildman–Crippen MR) is 50.5 cm³/mol. The molecule has 0 saturated carbocycles. The molecule has 0 aliphatic rings. The van der Waals surface area contributed by atoms with Crippen molar-refractivity contribution < 1.29 is 54.8 Å². The molecule has 0 radical (unpaired) electrons. The third-order valence-corrected chi connectivity index (χ3v) is 2.37. The molecule has 5 heteroatoms. The second-order valence-electron chi connectivity index (χ2n) is 3.04. The van der Waals surface area contributed by atoms with Crippen molar-refractivity contribution in [1.82, 2.24) is 0 Å². The van der Waals surface area contributed by atoms with Gasteiger partial charge in [-0.15, -0.1) is 0 Å². The van der Waals surface area contributed by atoms with Gasteiger partial charge in [0, 0.05) is 40.8 Å². The molecule has 0 aromatic rings. The summed E-state index contributed by atoms with van der Waals surface area (Å²) in [5.74, 6) is 0. The van der Waals surface area contributed by atoms with E-state index in [-0.39, 0.29) is 46.9 Å². The van der Waals surface area contributed by atoms with Gasteiger partial charge >= 0.3 is 8.25 Å². The van der Waals surface area contributed by atoms with Crippen molar-refractivity contribution in [2.45, 2.75) is 52.1 Å². The van der Waals surface area contributed by atoms with Gasteiger partial charge in [0.05, 0.1) is 6.10 Å². The minimum absolute atomic E-state index is 0. The van der Waals surface area contributed by atoms with Crippen LogP contribution < -0.4 is 0 Å². The van der Waals surface area contributed by atoms with Crippen LogP contribution in [0.1, 0.15) is 46.0 Å². The molecule has 0 aliphatic carbocycles. The van der Waals surface area contributed by atoms with E-state index in [9.17, 15) is 4.57 Å². The normalized spacial score (nSPS) is 14.7. The Morgan fingerprint density at radius 2 is 2.00 bits per heavy atom. The van der Waals surface area contributed by atoms with Gasteiger partial charge in [0.15, 0.2) is 0 Å². The summed E-state index contributed by atoms with van der Waals surface area (Å²) < 4.78 is 15.0. The maximum atomic E-state index is 10.3. The molecule has 0 heterocycles. The van der Waals surface area contributed by atoms with Crippen LogP contribution in [-0.2, 0) is 9.09 Å². The molecule has 0 spiro atoms. The molecular weight excluding hydrogens is 319 g/mol. The second-order valence-corrected chi connectivity index (χ2v) is 3.81. The van der Waals surface area contributed by atoms with Crippen LogP contribution in [0.4, 0.5) is 0 Å². The Balaban J connectivity index is 0. The van der Waals surface area contributed by atoms with Crippen molar-refractivity contribution in [3.05, 3.63) is 0 Å². The summed E-state index contributed by atoms with van der Waals surface area (Å²) in [6.07, 6.45) is 5.54. The van der Waals surface area contributed by atoms with Gasteiger partial charge in [0.2, 0.25) is 0 Å². The van der Waals surface area contributed by atoms with Crippen LogP contribution >= 0.6 is 8.25 Å². The van der Waals surface area contributed by atoms with Crippen LogP contribution in [0, 0.1) is 40.8 Å².